The van der Waals surface area contributed by atoms with Crippen molar-refractivity contribution < 1.29 is 17.9 Å². The maximum Gasteiger partial charge on any atom is 0.266 e. The minimum atomic E-state index is -2.87. The van der Waals surface area contributed by atoms with E-state index in [1.807, 2.05) is 0 Å². The monoisotopic (exact) mass is 439 g/mol. The maximum atomic E-state index is 14.5. The molecule has 0 aliphatic heterocycles. The van der Waals surface area contributed by atoms with E-state index in [0.29, 0.717) is 32.8 Å². The first-order chi connectivity index (χ1) is 12.8. The van der Waals surface area contributed by atoms with Crippen LogP contribution in [-0.2, 0) is 0 Å². The van der Waals surface area contributed by atoms with Gasteiger partial charge in [-0.3, -0.25) is 0 Å². The molecule has 0 amide bonds. The number of nitrogens with zero attached hydrogens (tertiary/aromatic N) is 2. The predicted molar refractivity (Wildman–Crippen MR) is 102 cm³/mol. The summed E-state index contributed by atoms with van der Waals surface area (Å²) >= 11 is 3.43. The molecule has 3 rings (SSSR count). The summed E-state index contributed by atoms with van der Waals surface area (Å²) in [5.74, 6) is 0.708. The summed E-state index contributed by atoms with van der Waals surface area (Å²) in [6.07, 6.45) is -2.87. The lowest BCUT2D eigenvalue weighted by molar-refractivity contribution is 0.146. The quantitative estimate of drug-likeness (QED) is 0.532. The minimum absolute atomic E-state index is 0.143. The van der Waals surface area contributed by atoms with Gasteiger partial charge in [-0.05, 0) is 35.8 Å². The Bertz CT molecular complexity index is 998. The number of aromatic nitrogens is 2. The van der Waals surface area contributed by atoms with Gasteiger partial charge in [0.1, 0.15) is 23.2 Å². The molecule has 0 aliphatic rings. The average molecular weight is 440 g/mol. The lowest BCUT2D eigenvalue weighted by atomic mass is 10.0. The summed E-state index contributed by atoms with van der Waals surface area (Å²) in [5.41, 5.74) is 0.182. The molecule has 1 N–H and O–H groups in total. The number of benzene rings is 2. The van der Waals surface area contributed by atoms with Gasteiger partial charge in [-0.25, -0.2) is 23.1 Å². The van der Waals surface area contributed by atoms with Crippen molar-refractivity contribution in [3.63, 3.8) is 0 Å². The number of halogens is 4. The van der Waals surface area contributed by atoms with Gasteiger partial charge in [-0.2, -0.15) is 0 Å². The van der Waals surface area contributed by atoms with Crippen molar-refractivity contribution in [2.24, 2.45) is 0 Å². The van der Waals surface area contributed by atoms with Gasteiger partial charge in [-0.15, -0.1) is 0 Å². The van der Waals surface area contributed by atoms with Gasteiger partial charge in [0.25, 0.3) is 6.43 Å². The van der Waals surface area contributed by atoms with Crippen LogP contribution in [0.15, 0.2) is 34.8 Å². The summed E-state index contributed by atoms with van der Waals surface area (Å²) in [6, 6.07) is 6.97. The molecule has 0 unspecified atom stereocenters. The van der Waals surface area contributed by atoms with Crippen LogP contribution < -0.4 is 10.1 Å². The van der Waals surface area contributed by atoms with Gasteiger partial charge < -0.3 is 10.1 Å². The molecule has 2 aromatic carbocycles. The molecule has 0 spiro atoms. The van der Waals surface area contributed by atoms with E-state index in [2.05, 4.69) is 31.2 Å². The molecule has 8 heteroatoms. The fourth-order valence-electron chi connectivity index (χ4n) is 2.87. The maximum absolute atomic E-state index is 14.5. The number of ether oxygens (including phenoxy) is 1. The Morgan fingerprint density at radius 1 is 1.15 bits per heavy atom. The molecule has 1 atom stereocenters. The number of fused-ring (bicyclic) bond motifs is 1. The molecule has 4 nitrogen and oxygen atoms in total. The molecule has 27 heavy (non-hydrogen) atoms. The third-order valence-electron chi connectivity index (χ3n) is 4.19. The number of rotatable bonds is 5. The minimum Gasteiger partial charge on any atom is -0.495 e. The number of methoxy groups -OCH3 is 1. The Morgan fingerprint density at radius 3 is 2.52 bits per heavy atom. The number of nitrogens with one attached hydrogen (secondary N) is 1. The van der Waals surface area contributed by atoms with Crippen molar-refractivity contribution in [1.29, 1.82) is 0 Å². The van der Waals surface area contributed by atoms with Crippen LogP contribution in [0.2, 0.25) is 0 Å². The third-order valence-corrected chi connectivity index (χ3v) is 4.81. The highest BCUT2D eigenvalue weighted by molar-refractivity contribution is 9.10. The first-order valence-corrected chi connectivity index (χ1v) is 8.96. The van der Waals surface area contributed by atoms with Crippen molar-refractivity contribution in [2.75, 3.05) is 12.4 Å². The van der Waals surface area contributed by atoms with E-state index < -0.39 is 23.8 Å². The molecule has 1 aromatic heterocycles. The third kappa shape index (κ3) is 3.85. The number of aryl methyl sites for hydroxylation is 1. The van der Waals surface area contributed by atoms with Crippen LogP contribution in [0.3, 0.4) is 0 Å². The van der Waals surface area contributed by atoms with Crippen molar-refractivity contribution in [1.82, 2.24) is 9.97 Å². The van der Waals surface area contributed by atoms with Crippen LogP contribution in [0.1, 0.15) is 36.3 Å². The zero-order valence-electron chi connectivity index (χ0n) is 14.9. The van der Waals surface area contributed by atoms with Crippen LogP contribution in [0.4, 0.5) is 19.0 Å². The number of hydrogen-bond donors (Lipinski definition) is 1. The molecular weight excluding hydrogens is 423 g/mol. The summed E-state index contributed by atoms with van der Waals surface area (Å²) in [5, 5.41) is 3.82. The standard InChI is InChI=1S/C19H17BrF3N3O/c1-9(11-5-4-6-12(17(11)21)18(22)23)24-19-13-7-14(20)16(27-3)8-15(13)25-10(2)26-19/h4-9,18H,1-3H3,(H,24,25,26)/t9-/m1/s1. The smallest absolute Gasteiger partial charge is 0.266 e. The van der Waals surface area contributed by atoms with Gasteiger partial charge in [-0.1, -0.05) is 18.2 Å². The topological polar surface area (TPSA) is 47.0 Å². The Labute approximate surface area is 162 Å². The Kier molecular flexibility index (Phi) is 5.55. The zero-order chi connectivity index (χ0) is 19.7. The molecule has 0 aliphatic carbocycles. The molecule has 3 aromatic rings. The highest BCUT2D eigenvalue weighted by Crippen LogP contribution is 2.34. The lowest BCUT2D eigenvalue weighted by Gasteiger charge is -2.19. The molecule has 1 heterocycles. The van der Waals surface area contributed by atoms with E-state index in [-0.39, 0.29) is 5.56 Å². The van der Waals surface area contributed by atoms with Crippen LogP contribution in [0.25, 0.3) is 10.9 Å². The first-order valence-electron chi connectivity index (χ1n) is 8.16. The summed E-state index contributed by atoms with van der Waals surface area (Å²) in [6.45, 7) is 3.43. The van der Waals surface area contributed by atoms with E-state index in [1.54, 1.807) is 33.1 Å². The van der Waals surface area contributed by atoms with E-state index in [1.165, 1.54) is 12.1 Å². The first kappa shape index (κ1) is 19.4. The average Bonchev–Trinajstić information content (AvgIpc) is 2.61. The predicted octanol–water partition coefficient (Wildman–Crippen LogP) is 5.96. The second-order valence-corrected chi connectivity index (χ2v) is 6.89. The van der Waals surface area contributed by atoms with Crippen LogP contribution >= 0.6 is 15.9 Å². The van der Waals surface area contributed by atoms with E-state index in [0.717, 1.165) is 6.07 Å². The summed E-state index contributed by atoms with van der Waals surface area (Å²) in [7, 11) is 1.56. The molecule has 0 saturated heterocycles. The Morgan fingerprint density at radius 2 is 1.85 bits per heavy atom. The van der Waals surface area contributed by atoms with Crippen molar-refractivity contribution in [3.8, 4) is 5.75 Å². The highest BCUT2D eigenvalue weighted by atomic mass is 79.9. The highest BCUT2D eigenvalue weighted by Gasteiger charge is 2.20. The molecule has 0 radical (unpaired) electrons. The molecule has 0 saturated carbocycles. The van der Waals surface area contributed by atoms with Gasteiger partial charge in [0, 0.05) is 17.0 Å². The number of alkyl halides is 2. The molecular formula is C19H17BrF3N3O. The van der Waals surface area contributed by atoms with E-state index in [4.69, 9.17) is 4.74 Å². The van der Waals surface area contributed by atoms with E-state index in [9.17, 15) is 13.2 Å². The largest absolute Gasteiger partial charge is 0.495 e. The normalized spacial score (nSPS) is 12.4. The van der Waals surface area contributed by atoms with Crippen molar-refractivity contribution in [3.05, 3.63) is 57.6 Å². The van der Waals surface area contributed by atoms with Gasteiger partial charge >= 0.3 is 0 Å². The van der Waals surface area contributed by atoms with Crippen LogP contribution in [0.5, 0.6) is 5.75 Å². The van der Waals surface area contributed by atoms with E-state index >= 15 is 0 Å². The fraction of sp³-hybridized carbons (Fsp3) is 0.263. The second-order valence-electron chi connectivity index (χ2n) is 6.04. The zero-order valence-corrected chi connectivity index (χ0v) is 16.4. The Hall–Kier alpha value is -2.35. The number of anilines is 1. The molecule has 142 valence electrons. The molecule has 0 bridgehead atoms. The number of hydrogen-bond acceptors (Lipinski definition) is 4. The Balaban J connectivity index is 2.04. The molecule has 0 fully saturated rings. The van der Waals surface area contributed by atoms with Crippen LogP contribution in [-0.4, -0.2) is 17.1 Å². The van der Waals surface area contributed by atoms with Gasteiger partial charge in [0.15, 0.2) is 0 Å². The SMILES string of the molecule is COc1cc2nc(C)nc(N[C@H](C)c3cccc(C(F)F)c3F)c2cc1Br. The summed E-state index contributed by atoms with van der Waals surface area (Å²) in [4.78, 5) is 8.79. The lowest BCUT2D eigenvalue weighted by Crippen LogP contribution is -2.12. The van der Waals surface area contributed by atoms with Crippen LogP contribution in [0, 0.1) is 12.7 Å². The van der Waals surface area contributed by atoms with Crippen molar-refractivity contribution >= 4 is 32.7 Å². The fourth-order valence-corrected chi connectivity index (χ4v) is 3.37. The van der Waals surface area contributed by atoms with Gasteiger partial charge in [0.05, 0.1) is 28.7 Å². The summed E-state index contributed by atoms with van der Waals surface area (Å²) < 4.78 is 46.4. The second kappa shape index (κ2) is 7.72. The van der Waals surface area contributed by atoms with Crippen molar-refractivity contribution in [2.45, 2.75) is 26.3 Å². The van der Waals surface area contributed by atoms with Gasteiger partial charge in [0.2, 0.25) is 0 Å².